The van der Waals surface area contributed by atoms with Crippen molar-refractivity contribution < 1.29 is 5.11 Å². The smallest absolute Gasteiger partial charge is 0.114 e. The Morgan fingerprint density at radius 3 is 2.65 bits per heavy atom. The van der Waals surface area contributed by atoms with Crippen LogP contribution in [0.2, 0.25) is 10.0 Å². The third-order valence-corrected chi connectivity index (χ3v) is 4.42. The molecule has 1 aromatic heterocycles. The summed E-state index contributed by atoms with van der Waals surface area (Å²) in [6, 6.07) is 7.27. The first kappa shape index (κ1) is 12.9. The largest absolute Gasteiger partial charge is 0.383 e. The van der Waals surface area contributed by atoms with Crippen LogP contribution in [0.1, 0.15) is 29.0 Å². The van der Waals surface area contributed by atoms with Gasteiger partial charge in [-0.1, -0.05) is 36.2 Å². The lowest BCUT2D eigenvalue weighted by Crippen LogP contribution is -2.00. The molecular weight excluding hydrogens is 275 g/mol. The highest BCUT2D eigenvalue weighted by atomic mass is 35.5. The molecule has 0 spiro atoms. The Balaban J connectivity index is 2.36. The molecule has 0 saturated heterocycles. The molecule has 1 atom stereocenters. The highest BCUT2D eigenvalue weighted by Gasteiger charge is 2.16. The van der Waals surface area contributed by atoms with Crippen LogP contribution in [-0.2, 0) is 6.42 Å². The van der Waals surface area contributed by atoms with Gasteiger partial charge in [0.25, 0.3) is 0 Å². The van der Waals surface area contributed by atoms with Crippen molar-refractivity contribution in [3.63, 3.8) is 0 Å². The highest BCUT2D eigenvalue weighted by molar-refractivity contribution is 7.10. The van der Waals surface area contributed by atoms with E-state index in [2.05, 4.69) is 6.92 Å². The molecule has 2 aromatic rings. The minimum atomic E-state index is -0.625. The zero-order chi connectivity index (χ0) is 12.4. The van der Waals surface area contributed by atoms with Gasteiger partial charge in [-0.3, -0.25) is 0 Å². The normalized spacial score (nSPS) is 12.7. The van der Waals surface area contributed by atoms with Gasteiger partial charge in [0.15, 0.2) is 0 Å². The van der Waals surface area contributed by atoms with E-state index in [-0.39, 0.29) is 0 Å². The molecule has 1 heterocycles. The number of aliphatic hydroxyl groups is 1. The SMILES string of the molecule is CCc1ccsc1C(O)c1ccc(Cl)c(Cl)c1. The van der Waals surface area contributed by atoms with Crippen LogP contribution in [-0.4, -0.2) is 5.11 Å². The zero-order valence-electron chi connectivity index (χ0n) is 9.28. The maximum absolute atomic E-state index is 10.3. The molecule has 0 bridgehead atoms. The van der Waals surface area contributed by atoms with Crippen LogP contribution < -0.4 is 0 Å². The van der Waals surface area contributed by atoms with Crippen LogP contribution in [0.3, 0.4) is 0 Å². The molecule has 0 radical (unpaired) electrons. The number of hydrogen-bond donors (Lipinski definition) is 1. The molecule has 2 rings (SSSR count). The number of aliphatic hydroxyl groups excluding tert-OH is 1. The summed E-state index contributed by atoms with van der Waals surface area (Å²) >= 11 is 13.4. The molecule has 4 heteroatoms. The zero-order valence-corrected chi connectivity index (χ0v) is 11.6. The van der Waals surface area contributed by atoms with Crippen molar-refractivity contribution in [1.29, 1.82) is 0 Å². The summed E-state index contributed by atoms with van der Waals surface area (Å²) in [6.45, 7) is 2.08. The quantitative estimate of drug-likeness (QED) is 0.867. The number of benzene rings is 1. The van der Waals surface area contributed by atoms with Crippen molar-refractivity contribution in [2.24, 2.45) is 0 Å². The average molecular weight is 287 g/mol. The first-order valence-electron chi connectivity index (χ1n) is 5.32. The monoisotopic (exact) mass is 286 g/mol. The second kappa shape index (κ2) is 5.40. The Kier molecular flexibility index (Phi) is 4.10. The van der Waals surface area contributed by atoms with E-state index in [0.717, 1.165) is 16.9 Å². The number of hydrogen-bond acceptors (Lipinski definition) is 2. The molecule has 0 saturated carbocycles. The maximum atomic E-state index is 10.3. The fraction of sp³-hybridized carbons (Fsp3) is 0.231. The van der Waals surface area contributed by atoms with Crippen molar-refractivity contribution in [1.82, 2.24) is 0 Å². The summed E-state index contributed by atoms with van der Waals surface area (Å²) in [4.78, 5) is 0.978. The van der Waals surface area contributed by atoms with Gasteiger partial charge < -0.3 is 5.11 Å². The number of halogens is 2. The van der Waals surface area contributed by atoms with Crippen molar-refractivity contribution >= 4 is 34.5 Å². The van der Waals surface area contributed by atoms with E-state index in [9.17, 15) is 5.11 Å². The van der Waals surface area contributed by atoms with Crippen LogP contribution in [0.5, 0.6) is 0 Å². The van der Waals surface area contributed by atoms with Crippen molar-refractivity contribution in [2.45, 2.75) is 19.4 Å². The fourth-order valence-electron chi connectivity index (χ4n) is 1.71. The first-order valence-corrected chi connectivity index (χ1v) is 6.96. The Morgan fingerprint density at radius 2 is 2.00 bits per heavy atom. The Hall–Kier alpha value is -0.540. The minimum absolute atomic E-state index is 0.470. The van der Waals surface area contributed by atoms with Gasteiger partial charge in [0.05, 0.1) is 10.0 Å². The highest BCUT2D eigenvalue weighted by Crippen LogP contribution is 2.33. The molecule has 0 amide bonds. The van der Waals surface area contributed by atoms with Gasteiger partial charge in [-0.25, -0.2) is 0 Å². The molecule has 1 N–H and O–H groups in total. The van der Waals surface area contributed by atoms with Crippen LogP contribution in [0.15, 0.2) is 29.6 Å². The van der Waals surface area contributed by atoms with Crippen LogP contribution in [0, 0.1) is 0 Å². The van der Waals surface area contributed by atoms with Gasteiger partial charge in [-0.2, -0.15) is 0 Å². The molecule has 0 aliphatic carbocycles. The van der Waals surface area contributed by atoms with Crippen molar-refractivity contribution in [3.8, 4) is 0 Å². The molecule has 0 fully saturated rings. The van der Waals surface area contributed by atoms with E-state index in [4.69, 9.17) is 23.2 Å². The number of aryl methyl sites for hydroxylation is 1. The van der Waals surface area contributed by atoms with Gasteiger partial charge in [0.2, 0.25) is 0 Å². The predicted molar refractivity (Wildman–Crippen MR) is 74.2 cm³/mol. The fourth-order valence-corrected chi connectivity index (χ4v) is 3.03. The number of thiophene rings is 1. The Bertz CT molecular complexity index is 522. The van der Waals surface area contributed by atoms with Gasteiger partial charge in [-0.05, 0) is 41.1 Å². The molecular formula is C13H12Cl2OS. The van der Waals surface area contributed by atoms with Crippen molar-refractivity contribution in [2.75, 3.05) is 0 Å². The van der Waals surface area contributed by atoms with Crippen LogP contribution in [0.4, 0.5) is 0 Å². The van der Waals surface area contributed by atoms with Crippen LogP contribution in [0.25, 0.3) is 0 Å². The Labute approximate surface area is 115 Å². The second-order valence-electron chi connectivity index (χ2n) is 3.74. The lowest BCUT2D eigenvalue weighted by Gasteiger charge is -2.12. The second-order valence-corrected chi connectivity index (χ2v) is 5.50. The summed E-state index contributed by atoms with van der Waals surface area (Å²) in [7, 11) is 0. The molecule has 1 unspecified atom stereocenters. The van der Waals surface area contributed by atoms with E-state index in [1.54, 1.807) is 29.5 Å². The minimum Gasteiger partial charge on any atom is -0.383 e. The van der Waals surface area contributed by atoms with Crippen LogP contribution >= 0.6 is 34.5 Å². The number of rotatable bonds is 3. The molecule has 17 heavy (non-hydrogen) atoms. The average Bonchev–Trinajstić information content (AvgIpc) is 2.80. The molecule has 0 aliphatic rings. The standard InChI is InChI=1S/C13H12Cl2OS/c1-2-8-5-6-17-13(8)12(16)9-3-4-10(14)11(15)7-9/h3-7,12,16H,2H2,1H3. The maximum Gasteiger partial charge on any atom is 0.114 e. The van der Waals surface area contributed by atoms with E-state index >= 15 is 0 Å². The molecule has 1 nitrogen and oxygen atoms in total. The lowest BCUT2D eigenvalue weighted by atomic mass is 10.0. The van der Waals surface area contributed by atoms with E-state index in [1.165, 1.54) is 5.56 Å². The topological polar surface area (TPSA) is 20.2 Å². The molecule has 1 aromatic carbocycles. The summed E-state index contributed by atoms with van der Waals surface area (Å²) in [5.74, 6) is 0. The lowest BCUT2D eigenvalue weighted by molar-refractivity contribution is 0.223. The predicted octanol–water partition coefficient (Wildman–Crippen LogP) is 4.70. The van der Waals surface area contributed by atoms with Gasteiger partial charge in [0.1, 0.15) is 6.10 Å². The summed E-state index contributed by atoms with van der Waals surface area (Å²) in [5.41, 5.74) is 1.95. The third kappa shape index (κ3) is 2.66. The summed E-state index contributed by atoms with van der Waals surface area (Å²) in [5, 5.41) is 13.3. The van der Waals surface area contributed by atoms with E-state index < -0.39 is 6.10 Å². The van der Waals surface area contributed by atoms with Gasteiger partial charge >= 0.3 is 0 Å². The van der Waals surface area contributed by atoms with Gasteiger partial charge in [-0.15, -0.1) is 11.3 Å². The van der Waals surface area contributed by atoms with E-state index in [1.807, 2.05) is 11.4 Å². The summed E-state index contributed by atoms with van der Waals surface area (Å²) in [6.07, 6.45) is 0.289. The first-order chi connectivity index (χ1) is 8.13. The summed E-state index contributed by atoms with van der Waals surface area (Å²) < 4.78 is 0. The Morgan fingerprint density at radius 1 is 1.24 bits per heavy atom. The van der Waals surface area contributed by atoms with Gasteiger partial charge in [0, 0.05) is 4.88 Å². The molecule has 0 aliphatic heterocycles. The molecule has 90 valence electrons. The van der Waals surface area contributed by atoms with Crippen molar-refractivity contribution in [3.05, 3.63) is 55.7 Å². The third-order valence-electron chi connectivity index (χ3n) is 2.67. The van der Waals surface area contributed by atoms with E-state index in [0.29, 0.717) is 10.0 Å².